The lowest BCUT2D eigenvalue weighted by atomic mass is 10.1. The van der Waals surface area contributed by atoms with Crippen molar-refractivity contribution in [1.29, 1.82) is 0 Å². The van der Waals surface area contributed by atoms with Crippen molar-refractivity contribution in [2.24, 2.45) is 0 Å². The summed E-state index contributed by atoms with van der Waals surface area (Å²) in [4.78, 5) is 11.1. The van der Waals surface area contributed by atoms with Crippen molar-refractivity contribution in [3.8, 4) is 0 Å². The molecule has 0 aromatic heterocycles. The zero-order valence-corrected chi connectivity index (χ0v) is 7.27. The Morgan fingerprint density at radius 2 is 2.08 bits per heavy atom. The first kappa shape index (κ1) is 10.4. The summed E-state index contributed by atoms with van der Waals surface area (Å²) in [5.41, 5.74) is 0. The Morgan fingerprint density at radius 3 is 2.46 bits per heavy atom. The topological polar surface area (TPSA) is 102 Å². The van der Waals surface area contributed by atoms with Crippen molar-refractivity contribution in [2.75, 3.05) is 13.7 Å². The second-order valence-corrected chi connectivity index (χ2v) is 3.03. The van der Waals surface area contributed by atoms with E-state index >= 15 is 0 Å². The molecule has 4 atom stereocenters. The molecule has 5 N–H and O–H groups in total. The van der Waals surface area contributed by atoms with Crippen LogP contribution in [0.1, 0.15) is 0 Å². The van der Waals surface area contributed by atoms with Gasteiger partial charge in [0.1, 0.15) is 12.1 Å². The number of carbonyl (C=O) groups is 1. The first-order chi connectivity index (χ1) is 6.11. The monoisotopic (exact) mass is 190 g/mol. The maximum absolute atomic E-state index is 11.1. The third-order valence-electron chi connectivity index (χ3n) is 2.22. The predicted octanol–water partition coefficient (Wildman–Crippen LogP) is -3.21. The van der Waals surface area contributed by atoms with Crippen LogP contribution in [0.4, 0.5) is 0 Å². The fourth-order valence-corrected chi connectivity index (χ4v) is 1.41. The molecule has 0 saturated carbocycles. The average Bonchev–Trinajstić information content (AvgIpc) is 2.43. The number of carbonyl (C=O) groups excluding carboxylic acids is 1. The SMILES string of the molecule is CNC(=O)[C@H]1N[C@H](CO)[C@@H](O)[C@H]1O. The minimum Gasteiger partial charge on any atom is -0.395 e. The van der Waals surface area contributed by atoms with E-state index in [0.717, 1.165) is 0 Å². The number of aliphatic hydroxyl groups is 3. The summed E-state index contributed by atoms with van der Waals surface area (Å²) in [6.07, 6.45) is -2.27. The van der Waals surface area contributed by atoms with E-state index in [9.17, 15) is 15.0 Å². The lowest BCUT2D eigenvalue weighted by Gasteiger charge is -2.13. The van der Waals surface area contributed by atoms with Crippen LogP contribution in [0.3, 0.4) is 0 Å². The first-order valence-electron chi connectivity index (χ1n) is 4.06. The quantitative estimate of drug-likeness (QED) is 0.315. The van der Waals surface area contributed by atoms with Gasteiger partial charge in [-0.3, -0.25) is 10.1 Å². The number of nitrogens with one attached hydrogen (secondary N) is 2. The molecule has 1 saturated heterocycles. The molecule has 0 spiro atoms. The van der Waals surface area contributed by atoms with Crippen molar-refractivity contribution in [1.82, 2.24) is 10.6 Å². The van der Waals surface area contributed by atoms with Crippen LogP contribution < -0.4 is 10.6 Å². The molecule has 1 aliphatic heterocycles. The Balaban J connectivity index is 2.65. The summed E-state index contributed by atoms with van der Waals surface area (Å²) in [6.45, 7) is -0.314. The number of hydrogen-bond donors (Lipinski definition) is 5. The van der Waals surface area contributed by atoms with Gasteiger partial charge < -0.3 is 20.6 Å². The Bertz CT molecular complexity index is 199. The highest BCUT2D eigenvalue weighted by atomic mass is 16.3. The molecule has 6 nitrogen and oxygen atoms in total. The normalized spacial score (nSPS) is 39.1. The molecule has 1 aliphatic rings. The molecule has 0 unspecified atom stereocenters. The number of likely N-dealkylation sites (N-methyl/N-ethyl adjacent to an activating group) is 1. The van der Waals surface area contributed by atoms with E-state index in [4.69, 9.17) is 5.11 Å². The molecule has 1 fully saturated rings. The van der Waals surface area contributed by atoms with E-state index in [1.807, 2.05) is 0 Å². The molecular weight excluding hydrogens is 176 g/mol. The molecule has 76 valence electrons. The van der Waals surface area contributed by atoms with Crippen LogP contribution in [-0.4, -0.2) is 59.2 Å². The van der Waals surface area contributed by atoms with Crippen molar-refractivity contribution in [3.63, 3.8) is 0 Å². The Hall–Kier alpha value is -0.690. The largest absolute Gasteiger partial charge is 0.395 e. The van der Waals surface area contributed by atoms with Gasteiger partial charge in [0.2, 0.25) is 5.91 Å². The maximum atomic E-state index is 11.1. The third-order valence-corrected chi connectivity index (χ3v) is 2.22. The van der Waals surface area contributed by atoms with Crippen LogP contribution in [0.15, 0.2) is 0 Å². The van der Waals surface area contributed by atoms with Crippen molar-refractivity contribution < 1.29 is 20.1 Å². The maximum Gasteiger partial charge on any atom is 0.239 e. The molecule has 0 aromatic rings. The first-order valence-corrected chi connectivity index (χ1v) is 4.06. The van der Waals surface area contributed by atoms with Crippen LogP contribution in [0.5, 0.6) is 0 Å². The summed E-state index contributed by atoms with van der Waals surface area (Å²) in [5, 5.41) is 32.4. The lowest BCUT2D eigenvalue weighted by Crippen LogP contribution is -2.46. The van der Waals surface area contributed by atoms with Gasteiger partial charge in [-0.1, -0.05) is 0 Å². The Labute approximate surface area is 75.6 Å². The van der Waals surface area contributed by atoms with Crippen molar-refractivity contribution in [3.05, 3.63) is 0 Å². The summed E-state index contributed by atoms with van der Waals surface area (Å²) < 4.78 is 0. The zero-order valence-electron chi connectivity index (χ0n) is 7.27. The molecule has 1 heterocycles. The average molecular weight is 190 g/mol. The minimum absolute atomic E-state index is 0.314. The highest BCUT2D eigenvalue weighted by Crippen LogP contribution is 2.14. The number of hydrogen-bond acceptors (Lipinski definition) is 5. The van der Waals surface area contributed by atoms with Gasteiger partial charge in [-0.2, -0.15) is 0 Å². The summed E-state index contributed by atoms with van der Waals surface area (Å²) in [6, 6.07) is -1.49. The van der Waals surface area contributed by atoms with Crippen LogP contribution in [0.25, 0.3) is 0 Å². The van der Waals surface area contributed by atoms with Gasteiger partial charge in [0.25, 0.3) is 0 Å². The Morgan fingerprint density at radius 1 is 1.46 bits per heavy atom. The third kappa shape index (κ3) is 1.80. The summed E-state index contributed by atoms with van der Waals surface area (Å²) in [7, 11) is 1.44. The second-order valence-electron chi connectivity index (χ2n) is 3.03. The van der Waals surface area contributed by atoms with Crippen LogP contribution in [0, 0.1) is 0 Å². The van der Waals surface area contributed by atoms with E-state index in [2.05, 4.69) is 10.6 Å². The van der Waals surface area contributed by atoms with Crippen molar-refractivity contribution in [2.45, 2.75) is 24.3 Å². The predicted molar refractivity (Wildman–Crippen MR) is 43.9 cm³/mol. The van der Waals surface area contributed by atoms with Crippen LogP contribution in [-0.2, 0) is 4.79 Å². The number of aliphatic hydroxyl groups excluding tert-OH is 3. The number of rotatable bonds is 2. The molecule has 0 aliphatic carbocycles. The molecule has 0 bridgehead atoms. The van der Waals surface area contributed by atoms with E-state index in [-0.39, 0.29) is 6.61 Å². The van der Waals surface area contributed by atoms with Gasteiger partial charge in [0.15, 0.2) is 0 Å². The van der Waals surface area contributed by atoms with Gasteiger partial charge >= 0.3 is 0 Å². The molecular formula is C7H14N2O4. The van der Waals surface area contributed by atoms with Gasteiger partial charge in [0, 0.05) is 7.05 Å². The highest BCUT2D eigenvalue weighted by molar-refractivity contribution is 5.82. The fourth-order valence-electron chi connectivity index (χ4n) is 1.41. The van der Waals surface area contributed by atoms with Crippen LogP contribution >= 0.6 is 0 Å². The lowest BCUT2D eigenvalue weighted by molar-refractivity contribution is -0.125. The molecule has 0 aromatic carbocycles. The second kappa shape index (κ2) is 4.01. The van der Waals surface area contributed by atoms with Crippen molar-refractivity contribution >= 4 is 5.91 Å². The minimum atomic E-state index is -1.17. The van der Waals surface area contributed by atoms with E-state index in [1.54, 1.807) is 0 Å². The van der Waals surface area contributed by atoms with E-state index in [1.165, 1.54) is 7.05 Å². The summed E-state index contributed by atoms with van der Waals surface area (Å²) >= 11 is 0. The molecule has 1 amide bonds. The molecule has 0 radical (unpaired) electrons. The standard InChI is InChI=1S/C7H14N2O4/c1-8-7(13)4-6(12)5(11)3(2-10)9-4/h3-6,9-12H,2H2,1H3,(H,8,13)/t3-,4+,5-,6+/m1/s1. The number of amides is 1. The van der Waals surface area contributed by atoms with E-state index < -0.39 is 30.2 Å². The smallest absolute Gasteiger partial charge is 0.239 e. The zero-order chi connectivity index (χ0) is 10.0. The fraction of sp³-hybridized carbons (Fsp3) is 0.857. The molecule has 6 heteroatoms. The highest BCUT2D eigenvalue weighted by Gasteiger charge is 2.43. The van der Waals surface area contributed by atoms with Crippen LogP contribution in [0.2, 0.25) is 0 Å². The molecule has 1 rings (SSSR count). The van der Waals surface area contributed by atoms with Gasteiger partial charge in [-0.05, 0) is 0 Å². The molecule has 13 heavy (non-hydrogen) atoms. The summed E-state index contributed by atoms with van der Waals surface area (Å²) in [5.74, 6) is -0.400. The Kier molecular flexibility index (Phi) is 3.21. The van der Waals surface area contributed by atoms with Gasteiger partial charge in [0.05, 0.1) is 18.8 Å². The van der Waals surface area contributed by atoms with E-state index in [0.29, 0.717) is 0 Å². The van der Waals surface area contributed by atoms with Gasteiger partial charge in [-0.25, -0.2) is 0 Å². The van der Waals surface area contributed by atoms with Gasteiger partial charge in [-0.15, -0.1) is 0 Å².